The Balaban J connectivity index is 0.00000192. The van der Waals surface area contributed by atoms with Crippen LogP contribution in [0.3, 0.4) is 0 Å². The second kappa shape index (κ2) is 7.49. The molecule has 3 N–H and O–H groups in total. The van der Waals surface area contributed by atoms with Gasteiger partial charge < -0.3 is 11.1 Å². The maximum atomic E-state index is 12.9. The van der Waals surface area contributed by atoms with Gasteiger partial charge in [-0.3, -0.25) is 4.79 Å². The molecule has 23 heavy (non-hydrogen) atoms. The topological polar surface area (TPSA) is 68.0 Å². The fourth-order valence-electron chi connectivity index (χ4n) is 4.04. The summed E-state index contributed by atoms with van der Waals surface area (Å²) in [6.45, 7) is 4.41. The van der Waals surface area contributed by atoms with Crippen molar-refractivity contribution >= 4 is 34.8 Å². The van der Waals surface area contributed by atoms with Crippen LogP contribution in [0.15, 0.2) is 0 Å². The van der Waals surface area contributed by atoms with Gasteiger partial charge in [-0.1, -0.05) is 26.7 Å². The smallest absolute Gasteiger partial charge is 0.232 e. The predicted molar refractivity (Wildman–Crippen MR) is 98.3 cm³/mol. The lowest BCUT2D eigenvalue weighted by Crippen LogP contribution is -2.35. The van der Waals surface area contributed by atoms with Gasteiger partial charge in [-0.25, -0.2) is 4.98 Å². The maximum Gasteiger partial charge on any atom is 0.232 e. The van der Waals surface area contributed by atoms with E-state index in [1.165, 1.54) is 17.7 Å². The highest BCUT2D eigenvalue weighted by atomic mass is 35.5. The molecule has 0 saturated heterocycles. The number of halogens is 1. The molecular formula is C17H28ClN3OS. The van der Waals surface area contributed by atoms with Crippen LogP contribution in [0.1, 0.15) is 62.9 Å². The van der Waals surface area contributed by atoms with Gasteiger partial charge in [0.1, 0.15) is 0 Å². The summed E-state index contributed by atoms with van der Waals surface area (Å²) in [6.07, 6.45) is 8.21. The number of carbonyl (C=O) groups excluding carboxylic acids is 1. The number of thiazole rings is 1. The molecule has 1 fully saturated rings. The Hall–Kier alpha value is -0.650. The van der Waals surface area contributed by atoms with Gasteiger partial charge in [0.05, 0.1) is 5.69 Å². The number of aromatic nitrogens is 1. The molecule has 2 aliphatic rings. The lowest BCUT2D eigenvalue weighted by Gasteiger charge is -2.28. The van der Waals surface area contributed by atoms with E-state index >= 15 is 0 Å². The van der Waals surface area contributed by atoms with Gasteiger partial charge >= 0.3 is 0 Å². The van der Waals surface area contributed by atoms with E-state index in [-0.39, 0.29) is 29.8 Å². The Labute approximate surface area is 149 Å². The molecule has 1 aromatic rings. The third kappa shape index (κ3) is 4.06. The number of amides is 1. The minimum atomic E-state index is -0.170. The van der Waals surface area contributed by atoms with Gasteiger partial charge in [0.15, 0.2) is 5.13 Å². The fraction of sp³-hybridized carbons (Fsp3) is 0.765. The summed E-state index contributed by atoms with van der Waals surface area (Å²) in [7, 11) is 0. The highest BCUT2D eigenvalue weighted by Crippen LogP contribution is 2.44. The van der Waals surface area contributed by atoms with Crippen LogP contribution in [0.5, 0.6) is 0 Å². The molecule has 1 amide bonds. The van der Waals surface area contributed by atoms with Crippen molar-refractivity contribution in [2.75, 3.05) is 5.32 Å². The first-order chi connectivity index (χ1) is 10.5. The van der Waals surface area contributed by atoms with Crippen molar-refractivity contribution in [1.29, 1.82) is 0 Å². The van der Waals surface area contributed by atoms with E-state index in [1.807, 2.05) is 0 Å². The summed E-state index contributed by atoms with van der Waals surface area (Å²) in [4.78, 5) is 18.8. The normalized spacial score (nSPS) is 22.5. The first kappa shape index (κ1) is 18.7. The zero-order valence-electron chi connectivity index (χ0n) is 14.1. The first-order valence-electron chi connectivity index (χ1n) is 8.54. The van der Waals surface area contributed by atoms with E-state index < -0.39 is 0 Å². The van der Waals surface area contributed by atoms with Crippen LogP contribution in [-0.2, 0) is 17.6 Å². The Morgan fingerprint density at radius 1 is 1.43 bits per heavy atom. The lowest BCUT2D eigenvalue weighted by molar-refractivity contribution is -0.126. The number of rotatable bonds is 4. The van der Waals surface area contributed by atoms with Crippen LogP contribution in [0.25, 0.3) is 0 Å². The average molecular weight is 358 g/mol. The van der Waals surface area contributed by atoms with Crippen molar-refractivity contribution in [3.05, 3.63) is 10.6 Å². The SMILES string of the molecule is CC(C)CC1(C(=O)Nc2nc3c(s2)C[C@@H](N)CC3)CCCC1.Cl. The summed E-state index contributed by atoms with van der Waals surface area (Å²) in [5, 5.41) is 3.91. The van der Waals surface area contributed by atoms with Crippen molar-refractivity contribution in [3.63, 3.8) is 0 Å². The number of nitrogens with one attached hydrogen (secondary N) is 1. The van der Waals surface area contributed by atoms with Crippen LogP contribution in [0.2, 0.25) is 0 Å². The molecule has 0 bridgehead atoms. The van der Waals surface area contributed by atoms with Crippen LogP contribution < -0.4 is 11.1 Å². The third-order valence-electron chi connectivity index (χ3n) is 5.04. The summed E-state index contributed by atoms with van der Waals surface area (Å²) in [6, 6.07) is 0.249. The highest BCUT2D eigenvalue weighted by Gasteiger charge is 2.41. The number of carbonyl (C=O) groups is 1. The summed E-state index contributed by atoms with van der Waals surface area (Å²) in [5.41, 5.74) is 7.00. The molecule has 1 atom stereocenters. The summed E-state index contributed by atoms with van der Waals surface area (Å²) in [5.74, 6) is 0.737. The molecule has 1 aromatic heterocycles. The third-order valence-corrected chi connectivity index (χ3v) is 6.07. The molecule has 0 unspecified atom stereocenters. The largest absolute Gasteiger partial charge is 0.327 e. The van der Waals surface area contributed by atoms with Crippen LogP contribution in [0, 0.1) is 11.3 Å². The molecule has 6 heteroatoms. The summed E-state index contributed by atoms with van der Waals surface area (Å²) >= 11 is 1.62. The molecule has 4 nitrogen and oxygen atoms in total. The Morgan fingerprint density at radius 3 is 2.78 bits per heavy atom. The number of fused-ring (bicyclic) bond motifs is 1. The van der Waals surface area contributed by atoms with Crippen molar-refractivity contribution in [2.24, 2.45) is 17.1 Å². The van der Waals surface area contributed by atoms with E-state index in [0.29, 0.717) is 5.92 Å². The number of nitrogens with zero attached hydrogens (tertiary/aromatic N) is 1. The number of hydrogen-bond acceptors (Lipinski definition) is 4. The van der Waals surface area contributed by atoms with Crippen LogP contribution >= 0.6 is 23.7 Å². The van der Waals surface area contributed by atoms with E-state index in [9.17, 15) is 4.79 Å². The lowest BCUT2D eigenvalue weighted by atomic mass is 9.78. The molecule has 130 valence electrons. The Morgan fingerprint density at radius 2 is 2.13 bits per heavy atom. The van der Waals surface area contributed by atoms with Crippen molar-refractivity contribution in [1.82, 2.24) is 4.98 Å². The van der Waals surface area contributed by atoms with Gasteiger partial charge in [-0.15, -0.1) is 23.7 Å². The molecule has 2 aliphatic carbocycles. The maximum absolute atomic E-state index is 12.9. The van der Waals surface area contributed by atoms with Crippen molar-refractivity contribution in [3.8, 4) is 0 Å². The van der Waals surface area contributed by atoms with Gasteiger partial charge in [-0.05, 0) is 44.4 Å². The zero-order chi connectivity index (χ0) is 15.7. The number of anilines is 1. The standard InChI is InChI=1S/C17H27N3OS.ClH/c1-11(2)10-17(7-3-4-8-17)15(21)20-16-19-13-6-5-12(18)9-14(13)22-16;/h11-12H,3-10,18H2,1-2H3,(H,19,20,21);1H/t12-;/m0./s1. The molecule has 1 saturated carbocycles. The number of hydrogen-bond donors (Lipinski definition) is 2. The Kier molecular flexibility index (Phi) is 6.09. The fourth-order valence-corrected chi connectivity index (χ4v) is 5.14. The highest BCUT2D eigenvalue weighted by molar-refractivity contribution is 7.15. The molecule has 3 rings (SSSR count). The quantitative estimate of drug-likeness (QED) is 0.857. The van der Waals surface area contributed by atoms with E-state index in [1.54, 1.807) is 11.3 Å². The monoisotopic (exact) mass is 357 g/mol. The first-order valence-corrected chi connectivity index (χ1v) is 9.36. The summed E-state index contributed by atoms with van der Waals surface area (Å²) < 4.78 is 0. The molecule has 0 radical (unpaired) electrons. The van der Waals surface area contributed by atoms with Crippen LogP contribution in [-0.4, -0.2) is 16.9 Å². The molecule has 1 heterocycles. The van der Waals surface area contributed by atoms with Gasteiger partial charge in [0.2, 0.25) is 5.91 Å². The van der Waals surface area contributed by atoms with Gasteiger partial charge in [-0.2, -0.15) is 0 Å². The molecule has 0 aliphatic heterocycles. The second-order valence-electron chi connectivity index (χ2n) is 7.43. The van der Waals surface area contributed by atoms with E-state index in [2.05, 4.69) is 24.1 Å². The van der Waals surface area contributed by atoms with E-state index in [0.717, 1.165) is 49.4 Å². The average Bonchev–Trinajstić information content (AvgIpc) is 3.04. The second-order valence-corrected chi connectivity index (χ2v) is 8.51. The molecular weight excluding hydrogens is 330 g/mol. The predicted octanol–water partition coefficient (Wildman–Crippen LogP) is 3.93. The number of aryl methyl sites for hydroxylation is 1. The Bertz CT molecular complexity index is 552. The van der Waals surface area contributed by atoms with E-state index in [4.69, 9.17) is 5.73 Å². The molecule has 0 aromatic carbocycles. The number of nitrogens with two attached hydrogens (primary N) is 1. The van der Waals surface area contributed by atoms with Crippen LogP contribution in [0.4, 0.5) is 5.13 Å². The van der Waals surface area contributed by atoms with Crippen molar-refractivity contribution < 1.29 is 4.79 Å². The van der Waals surface area contributed by atoms with Gasteiger partial charge in [0, 0.05) is 16.3 Å². The van der Waals surface area contributed by atoms with Crippen molar-refractivity contribution in [2.45, 2.75) is 71.3 Å². The minimum Gasteiger partial charge on any atom is -0.327 e. The minimum absolute atomic E-state index is 0. The molecule has 0 spiro atoms. The zero-order valence-corrected chi connectivity index (χ0v) is 15.7. The van der Waals surface area contributed by atoms with Gasteiger partial charge in [0.25, 0.3) is 0 Å².